The first-order valence-electron chi connectivity index (χ1n) is 6.54. The van der Waals surface area contributed by atoms with E-state index >= 15 is 0 Å². The SMILES string of the molecule is CC(CNC(=O)N1CCSC(C)(C)C1)c1nccs1. The molecule has 0 radical (unpaired) electrons. The van der Waals surface area contributed by atoms with Gasteiger partial charge in [0.05, 0.1) is 5.01 Å². The van der Waals surface area contributed by atoms with Gasteiger partial charge in [-0.3, -0.25) is 0 Å². The lowest BCUT2D eigenvalue weighted by Gasteiger charge is -2.37. The molecule has 1 fully saturated rings. The van der Waals surface area contributed by atoms with Gasteiger partial charge in [-0.2, -0.15) is 11.8 Å². The van der Waals surface area contributed by atoms with Crippen molar-refractivity contribution in [3.8, 4) is 0 Å². The molecule has 1 aliphatic heterocycles. The maximum Gasteiger partial charge on any atom is 0.317 e. The molecule has 0 aliphatic carbocycles. The summed E-state index contributed by atoms with van der Waals surface area (Å²) in [5, 5.41) is 6.07. The molecular weight excluding hydrogens is 278 g/mol. The molecule has 2 rings (SSSR count). The van der Waals surface area contributed by atoms with Crippen LogP contribution in [0.4, 0.5) is 4.79 Å². The van der Waals surface area contributed by atoms with Gasteiger partial charge in [-0.15, -0.1) is 11.3 Å². The summed E-state index contributed by atoms with van der Waals surface area (Å²) in [6.45, 7) is 8.77. The number of aromatic nitrogens is 1. The van der Waals surface area contributed by atoms with Crippen molar-refractivity contribution < 1.29 is 4.79 Å². The predicted molar refractivity (Wildman–Crippen MR) is 82.0 cm³/mol. The fourth-order valence-electron chi connectivity index (χ4n) is 2.11. The first-order chi connectivity index (χ1) is 8.98. The summed E-state index contributed by atoms with van der Waals surface area (Å²) in [7, 11) is 0. The molecule has 4 nitrogen and oxygen atoms in total. The minimum atomic E-state index is 0.0526. The summed E-state index contributed by atoms with van der Waals surface area (Å²) < 4.78 is 0.163. The van der Waals surface area contributed by atoms with Gasteiger partial charge in [0.1, 0.15) is 0 Å². The molecule has 6 heteroatoms. The molecule has 0 spiro atoms. The highest BCUT2D eigenvalue weighted by Gasteiger charge is 2.29. The van der Waals surface area contributed by atoms with Gasteiger partial charge in [-0.05, 0) is 13.8 Å². The molecule has 1 saturated heterocycles. The fourth-order valence-corrected chi connectivity index (χ4v) is 3.92. The highest BCUT2D eigenvalue weighted by Crippen LogP contribution is 2.29. The Morgan fingerprint density at radius 2 is 2.42 bits per heavy atom. The summed E-state index contributed by atoms with van der Waals surface area (Å²) in [6.07, 6.45) is 1.81. The molecule has 2 amide bonds. The van der Waals surface area contributed by atoms with Crippen LogP contribution in [0.2, 0.25) is 0 Å². The van der Waals surface area contributed by atoms with Gasteiger partial charge in [-0.25, -0.2) is 9.78 Å². The lowest BCUT2D eigenvalue weighted by Crippen LogP contribution is -2.50. The van der Waals surface area contributed by atoms with Crippen LogP contribution in [-0.2, 0) is 0 Å². The molecule has 1 aromatic heterocycles. The normalized spacial score (nSPS) is 20.1. The second kappa shape index (κ2) is 6.13. The van der Waals surface area contributed by atoms with Crippen molar-refractivity contribution in [2.45, 2.75) is 31.4 Å². The quantitative estimate of drug-likeness (QED) is 0.933. The van der Waals surface area contributed by atoms with E-state index in [9.17, 15) is 4.79 Å². The number of nitrogens with one attached hydrogen (secondary N) is 1. The van der Waals surface area contributed by atoms with E-state index in [-0.39, 0.29) is 16.7 Å². The van der Waals surface area contributed by atoms with E-state index in [1.165, 1.54) is 0 Å². The molecule has 2 heterocycles. The molecule has 106 valence electrons. The second-order valence-corrected chi connectivity index (χ2v) is 8.22. The molecule has 0 saturated carbocycles. The minimum Gasteiger partial charge on any atom is -0.337 e. The van der Waals surface area contributed by atoms with Crippen LogP contribution in [0, 0.1) is 0 Å². The van der Waals surface area contributed by atoms with Crippen molar-refractivity contribution >= 4 is 29.1 Å². The summed E-state index contributed by atoms with van der Waals surface area (Å²) in [5.41, 5.74) is 0. The minimum absolute atomic E-state index is 0.0526. The van der Waals surface area contributed by atoms with E-state index in [0.717, 1.165) is 23.8 Å². The van der Waals surface area contributed by atoms with Crippen molar-refractivity contribution in [1.82, 2.24) is 15.2 Å². The average Bonchev–Trinajstić information content (AvgIpc) is 2.88. The number of hydrogen-bond acceptors (Lipinski definition) is 4. The largest absolute Gasteiger partial charge is 0.337 e. The third kappa shape index (κ3) is 4.11. The predicted octanol–water partition coefficient (Wildman–Crippen LogP) is 2.78. The zero-order chi connectivity index (χ0) is 13.9. The molecule has 0 aromatic carbocycles. The Kier molecular flexibility index (Phi) is 4.73. The zero-order valence-corrected chi connectivity index (χ0v) is 13.3. The van der Waals surface area contributed by atoms with Crippen molar-refractivity contribution in [2.75, 3.05) is 25.4 Å². The Morgan fingerprint density at radius 1 is 1.63 bits per heavy atom. The van der Waals surface area contributed by atoms with Crippen LogP contribution in [0.15, 0.2) is 11.6 Å². The Balaban J connectivity index is 1.81. The van der Waals surface area contributed by atoms with Crippen LogP contribution in [0.1, 0.15) is 31.7 Å². The van der Waals surface area contributed by atoms with Gasteiger partial charge in [0.15, 0.2) is 0 Å². The van der Waals surface area contributed by atoms with Gasteiger partial charge in [0, 0.05) is 47.6 Å². The Morgan fingerprint density at radius 3 is 3.05 bits per heavy atom. The van der Waals surface area contributed by atoms with Crippen LogP contribution in [-0.4, -0.2) is 46.0 Å². The number of hydrogen-bond donors (Lipinski definition) is 1. The Labute approximate surface area is 123 Å². The summed E-state index contributed by atoms with van der Waals surface area (Å²) in [5.74, 6) is 1.29. The van der Waals surface area contributed by atoms with Crippen LogP contribution < -0.4 is 5.32 Å². The highest BCUT2D eigenvalue weighted by molar-refractivity contribution is 8.00. The van der Waals surface area contributed by atoms with Crippen LogP contribution >= 0.6 is 23.1 Å². The van der Waals surface area contributed by atoms with Gasteiger partial charge >= 0.3 is 6.03 Å². The van der Waals surface area contributed by atoms with Crippen molar-refractivity contribution in [3.05, 3.63) is 16.6 Å². The third-order valence-electron chi connectivity index (χ3n) is 3.15. The Bertz CT molecular complexity index is 420. The van der Waals surface area contributed by atoms with E-state index in [1.54, 1.807) is 11.3 Å². The molecule has 0 bridgehead atoms. The second-order valence-electron chi connectivity index (χ2n) is 5.49. The number of thioether (sulfide) groups is 1. The molecule has 1 aliphatic rings. The van der Waals surface area contributed by atoms with Gasteiger partial charge < -0.3 is 10.2 Å². The maximum atomic E-state index is 12.1. The first kappa shape index (κ1) is 14.7. The number of amides is 2. The molecule has 1 N–H and O–H groups in total. The number of carbonyl (C=O) groups excluding carboxylic acids is 1. The van der Waals surface area contributed by atoms with Crippen molar-refractivity contribution in [2.24, 2.45) is 0 Å². The first-order valence-corrected chi connectivity index (χ1v) is 8.40. The van der Waals surface area contributed by atoms with Gasteiger partial charge in [0.25, 0.3) is 0 Å². The Hall–Kier alpha value is -0.750. The molecule has 1 aromatic rings. The van der Waals surface area contributed by atoms with Crippen LogP contribution in [0.3, 0.4) is 0 Å². The molecule has 1 atom stereocenters. The van der Waals surface area contributed by atoms with E-state index in [1.807, 2.05) is 28.2 Å². The third-order valence-corrected chi connectivity index (χ3v) is 5.45. The van der Waals surface area contributed by atoms with Gasteiger partial charge in [0.2, 0.25) is 0 Å². The number of carbonyl (C=O) groups is 1. The van der Waals surface area contributed by atoms with E-state index < -0.39 is 0 Å². The van der Waals surface area contributed by atoms with E-state index in [0.29, 0.717) is 6.54 Å². The topological polar surface area (TPSA) is 45.2 Å². The summed E-state index contributed by atoms with van der Waals surface area (Å²) >= 11 is 3.57. The molecular formula is C13H21N3OS2. The number of rotatable bonds is 3. The summed E-state index contributed by atoms with van der Waals surface area (Å²) in [6, 6.07) is 0.0526. The lowest BCUT2D eigenvalue weighted by molar-refractivity contribution is 0.194. The van der Waals surface area contributed by atoms with E-state index in [2.05, 4.69) is 31.1 Å². The average molecular weight is 299 g/mol. The van der Waals surface area contributed by atoms with Crippen LogP contribution in [0.25, 0.3) is 0 Å². The monoisotopic (exact) mass is 299 g/mol. The zero-order valence-electron chi connectivity index (χ0n) is 11.7. The van der Waals surface area contributed by atoms with Gasteiger partial charge in [-0.1, -0.05) is 6.92 Å². The smallest absolute Gasteiger partial charge is 0.317 e. The number of nitrogens with zero attached hydrogens (tertiary/aromatic N) is 2. The number of urea groups is 1. The lowest BCUT2D eigenvalue weighted by atomic mass is 10.2. The molecule has 19 heavy (non-hydrogen) atoms. The number of thiazole rings is 1. The maximum absolute atomic E-state index is 12.1. The van der Waals surface area contributed by atoms with Crippen LogP contribution in [0.5, 0.6) is 0 Å². The fraction of sp³-hybridized carbons (Fsp3) is 0.692. The van der Waals surface area contributed by atoms with Crippen molar-refractivity contribution in [3.63, 3.8) is 0 Å². The molecule has 1 unspecified atom stereocenters. The summed E-state index contributed by atoms with van der Waals surface area (Å²) in [4.78, 5) is 18.4. The standard InChI is InChI=1S/C13H21N3OS2/c1-10(11-14-4-6-18-11)8-15-12(17)16-5-7-19-13(2,3)9-16/h4,6,10H,5,7-9H2,1-3H3,(H,15,17). The van der Waals surface area contributed by atoms with Crippen molar-refractivity contribution in [1.29, 1.82) is 0 Å². The highest BCUT2D eigenvalue weighted by atomic mass is 32.2. The van der Waals surface area contributed by atoms with E-state index in [4.69, 9.17) is 0 Å².